The number of hydrogen-bond donors (Lipinski definition) is 1. The van der Waals surface area contributed by atoms with E-state index in [0.717, 1.165) is 6.07 Å². The van der Waals surface area contributed by atoms with Crippen molar-refractivity contribution in [3.05, 3.63) is 35.4 Å². The van der Waals surface area contributed by atoms with Gasteiger partial charge in [0, 0.05) is 18.5 Å². The molecule has 1 amide bonds. The summed E-state index contributed by atoms with van der Waals surface area (Å²) in [6, 6.07) is 5.08. The van der Waals surface area contributed by atoms with Gasteiger partial charge in [-0.05, 0) is 45.2 Å². The standard InChI is InChI=1S/C19H24F3NO4/c1-17(2,3)27-16(26)23-10-8-18(9-11-23,12-15(24)25)13-6-4-5-7-14(13)19(20,21)22/h4-7H,8-12H2,1-3H3,(H,24,25). The van der Waals surface area contributed by atoms with Crippen LogP contribution in [0, 0.1) is 0 Å². The first-order chi connectivity index (χ1) is 12.3. The predicted molar refractivity (Wildman–Crippen MR) is 92.4 cm³/mol. The van der Waals surface area contributed by atoms with Gasteiger partial charge in [-0.25, -0.2) is 4.79 Å². The summed E-state index contributed by atoms with van der Waals surface area (Å²) in [5.74, 6) is -1.17. The Morgan fingerprint density at radius 2 is 1.70 bits per heavy atom. The van der Waals surface area contributed by atoms with Crippen LogP contribution in [0.3, 0.4) is 0 Å². The Bertz CT molecular complexity index is 702. The first-order valence-corrected chi connectivity index (χ1v) is 8.70. The van der Waals surface area contributed by atoms with Crippen molar-refractivity contribution in [2.75, 3.05) is 13.1 Å². The molecule has 1 aliphatic rings. The Labute approximate surface area is 156 Å². The molecule has 1 aromatic rings. The minimum atomic E-state index is -4.58. The molecule has 0 saturated carbocycles. The number of carbonyl (C=O) groups excluding carboxylic acids is 1. The van der Waals surface area contributed by atoms with Gasteiger partial charge in [-0.15, -0.1) is 0 Å². The van der Waals surface area contributed by atoms with Crippen LogP contribution < -0.4 is 0 Å². The molecule has 0 atom stereocenters. The highest BCUT2D eigenvalue weighted by molar-refractivity contribution is 5.70. The molecule has 0 aliphatic carbocycles. The number of amides is 1. The molecule has 5 nitrogen and oxygen atoms in total. The van der Waals surface area contributed by atoms with Gasteiger partial charge in [-0.2, -0.15) is 13.2 Å². The average Bonchev–Trinajstić information content (AvgIpc) is 2.52. The second-order valence-corrected chi connectivity index (χ2v) is 7.86. The number of piperidine rings is 1. The number of halogens is 3. The smallest absolute Gasteiger partial charge is 0.416 e. The molecule has 0 aromatic heterocycles. The van der Waals surface area contributed by atoms with Crippen LogP contribution in [0.5, 0.6) is 0 Å². The van der Waals surface area contributed by atoms with Crippen molar-refractivity contribution in [1.29, 1.82) is 0 Å². The van der Waals surface area contributed by atoms with Crippen LogP contribution >= 0.6 is 0 Å². The summed E-state index contributed by atoms with van der Waals surface area (Å²) in [6.45, 7) is 5.44. The first kappa shape index (κ1) is 21.1. The first-order valence-electron chi connectivity index (χ1n) is 8.70. The molecule has 0 radical (unpaired) electrons. The SMILES string of the molecule is CC(C)(C)OC(=O)N1CCC(CC(=O)O)(c2ccccc2C(F)(F)F)CC1. The number of benzene rings is 1. The maximum atomic E-state index is 13.5. The van der Waals surface area contributed by atoms with E-state index in [1.54, 1.807) is 20.8 Å². The second kappa shape index (κ2) is 7.40. The quantitative estimate of drug-likeness (QED) is 0.832. The molecule has 1 saturated heterocycles. The summed E-state index contributed by atoms with van der Waals surface area (Å²) in [5.41, 5.74) is -2.72. The highest BCUT2D eigenvalue weighted by Crippen LogP contribution is 2.44. The Morgan fingerprint density at radius 1 is 1.15 bits per heavy atom. The molecule has 1 heterocycles. The van der Waals surface area contributed by atoms with E-state index in [-0.39, 0.29) is 31.5 Å². The second-order valence-electron chi connectivity index (χ2n) is 7.86. The third-order valence-corrected chi connectivity index (χ3v) is 4.67. The van der Waals surface area contributed by atoms with E-state index in [1.165, 1.54) is 23.1 Å². The van der Waals surface area contributed by atoms with E-state index in [0.29, 0.717) is 0 Å². The van der Waals surface area contributed by atoms with Crippen molar-refractivity contribution in [2.24, 2.45) is 0 Å². The van der Waals surface area contributed by atoms with Gasteiger partial charge >= 0.3 is 18.2 Å². The van der Waals surface area contributed by atoms with Crippen LogP contribution in [0.1, 0.15) is 51.2 Å². The molecule has 150 valence electrons. The average molecular weight is 387 g/mol. The van der Waals surface area contributed by atoms with E-state index in [4.69, 9.17) is 4.74 Å². The molecule has 1 N–H and O–H groups in total. The highest BCUT2D eigenvalue weighted by atomic mass is 19.4. The van der Waals surface area contributed by atoms with E-state index in [9.17, 15) is 27.9 Å². The number of carboxylic acids is 1. The fraction of sp³-hybridized carbons (Fsp3) is 0.579. The van der Waals surface area contributed by atoms with E-state index in [2.05, 4.69) is 0 Å². The summed E-state index contributed by atoms with van der Waals surface area (Å²) in [4.78, 5) is 25.1. The molecule has 27 heavy (non-hydrogen) atoms. The van der Waals surface area contributed by atoms with Gasteiger partial charge in [-0.1, -0.05) is 18.2 Å². The van der Waals surface area contributed by atoms with Gasteiger partial charge in [0.1, 0.15) is 5.60 Å². The number of aliphatic carboxylic acids is 1. The van der Waals surface area contributed by atoms with Gasteiger partial charge in [0.15, 0.2) is 0 Å². The molecule has 0 spiro atoms. The third-order valence-electron chi connectivity index (χ3n) is 4.67. The number of carboxylic acid groups (broad SMARTS) is 1. The van der Waals surface area contributed by atoms with Crippen molar-refractivity contribution >= 4 is 12.1 Å². The van der Waals surface area contributed by atoms with Crippen LogP contribution in [0.15, 0.2) is 24.3 Å². The van der Waals surface area contributed by atoms with Crippen LogP contribution in [0.2, 0.25) is 0 Å². The molecule has 8 heteroatoms. The Balaban J connectivity index is 2.32. The van der Waals surface area contributed by atoms with E-state index in [1.807, 2.05) is 0 Å². The summed E-state index contributed by atoms with van der Waals surface area (Å²) >= 11 is 0. The molecule has 0 unspecified atom stereocenters. The Kier molecular flexibility index (Phi) is 5.77. The monoisotopic (exact) mass is 387 g/mol. The van der Waals surface area contributed by atoms with Gasteiger partial charge in [0.05, 0.1) is 12.0 Å². The van der Waals surface area contributed by atoms with Crippen molar-refractivity contribution in [3.8, 4) is 0 Å². The minimum Gasteiger partial charge on any atom is -0.481 e. The van der Waals surface area contributed by atoms with E-state index < -0.39 is 41.2 Å². The predicted octanol–water partition coefficient (Wildman–Crippen LogP) is 4.45. The molecule has 1 fully saturated rings. The van der Waals surface area contributed by atoms with E-state index >= 15 is 0 Å². The van der Waals surface area contributed by atoms with Gasteiger partial charge in [0.2, 0.25) is 0 Å². The van der Waals surface area contributed by atoms with Crippen LogP contribution in [-0.2, 0) is 21.1 Å². The molecular weight excluding hydrogens is 363 g/mol. The van der Waals surface area contributed by atoms with Crippen molar-refractivity contribution in [3.63, 3.8) is 0 Å². The molecule has 1 aliphatic heterocycles. The zero-order valence-electron chi connectivity index (χ0n) is 15.6. The summed E-state index contributed by atoms with van der Waals surface area (Å²) in [7, 11) is 0. The fourth-order valence-electron chi connectivity index (χ4n) is 3.47. The molecule has 0 bridgehead atoms. The number of alkyl halides is 3. The number of carbonyl (C=O) groups is 2. The largest absolute Gasteiger partial charge is 0.481 e. The lowest BCUT2D eigenvalue weighted by atomic mass is 9.69. The summed E-state index contributed by atoms with van der Waals surface area (Å²) in [5, 5.41) is 9.33. The van der Waals surface area contributed by atoms with Crippen LogP contribution in [-0.4, -0.2) is 40.8 Å². The van der Waals surface area contributed by atoms with Crippen LogP contribution in [0.4, 0.5) is 18.0 Å². The Morgan fingerprint density at radius 3 is 2.19 bits per heavy atom. The number of likely N-dealkylation sites (tertiary alicyclic amines) is 1. The zero-order chi connectivity index (χ0) is 20.5. The maximum Gasteiger partial charge on any atom is 0.416 e. The fourth-order valence-corrected chi connectivity index (χ4v) is 3.47. The van der Waals surface area contributed by atoms with Gasteiger partial charge in [-0.3, -0.25) is 4.79 Å². The molecule has 1 aromatic carbocycles. The number of hydrogen-bond acceptors (Lipinski definition) is 3. The normalized spacial score (nSPS) is 17.5. The maximum absolute atomic E-state index is 13.5. The number of ether oxygens (including phenoxy) is 1. The van der Waals surface area contributed by atoms with Crippen molar-refractivity contribution in [2.45, 2.75) is 57.2 Å². The molecular formula is C19H24F3NO4. The number of nitrogens with zero attached hydrogens (tertiary/aromatic N) is 1. The van der Waals surface area contributed by atoms with Crippen LogP contribution in [0.25, 0.3) is 0 Å². The lowest BCUT2D eigenvalue weighted by molar-refractivity contribution is -0.142. The van der Waals surface area contributed by atoms with Gasteiger partial charge in [0.25, 0.3) is 0 Å². The van der Waals surface area contributed by atoms with Crippen molar-refractivity contribution < 1.29 is 32.6 Å². The third kappa shape index (κ3) is 5.14. The topological polar surface area (TPSA) is 66.8 Å². The lowest BCUT2D eigenvalue weighted by Gasteiger charge is -2.42. The lowest BCUT2D eigenvalue weighted by Crippen LogP contribution is -2.48. The highest BCUT2D eigenvalue weighted by Gasteiger charge is 2.45. The number of rotatable bonds is 3. The zero-order valence-corrected chi connectivity index (χ0v) is 15.6. The van der Waals surface area contributed by atoms with Crippen molar-refractivity contribution in [1.82, 2.24) is 4.90 Å². The summed E-state index contributed by atoms with van der Waals surface area (Å²) in [6.07, 6.45) is -5.32. The minimum absolute atomic E-state index is 0.0243. The Hall–Kier alpha value is -2.25. The van der Waals surface area contributed by atoms with Gasteiger partial charge < -0.3 is 14.7 Å². The molecule has 2 rings (SSSR count). The summed E-state index contributed by atoms with van der Waals surface area (Å²) < 4.78 is 45.7.